The lowest BCUT2D eigenvalue weighted by Crippen LogP contribution is -2.34. The van der Waals surface area contributed by atoms with Gasteiger partial charge in [0, 0.05) is 0 Å². The van der Waals surface area contributed by atoms with Crippen LogP contribution in [0.4, 0.5) is 0 Å². The first-order chi connectivity index (χ1) is 11.3. The van der Waals surface area contributed by atoms with Gasteiger partial charge in [-0.05, 0) is 68.1 Å². The van der Waals surface area contributed by atoms with Gasteiger partial charge < -0.3 is 0 Å². The van der Waals surface area contributed by atoms with Crippen molar-refractivity contribution >= 4 is 0 Å². The third kappa shape index (κ3) is 4.23. The summed E-state index contributed by atoms with van der Waals surface area (Å²) in [5.74, 6) is 4.88. The van der Waals surface area contributed by atoms with Crippen LogP contribution >= 0.6 is 0 Å². The van der Waals surface area contributed by atoms with Crippen molar-refractivity contribution in [1.82, 2.24) is 0 Å². The molecule has 3 atom stereocenters. The summed E-state index contributed by atoms with van der Waals surface area (Å²) in [6.45, 7) is 4.87. The van der Waals surface area contributed by atoms with E-state index >= 15 is 0 Å². The van der Waals surface area contributed by atoms with Gasteiger partial charge in [-0.25, -0.2) is 0 Å². The Morgan fingerprint density at radius 2 is 1.43 bits per heavy atom. The Morgan fingerprint density at radius 3 is 2.17 bits per heavy atom. The van der Waals surface area contributed by atoms with Crippen LogP contribution in [-0.2, 0) is 0 Å². The lowest BCUT2D eigenvalue weighted by molar-refractivity contribution is 0.116. The van der Waals surface area contributed by atoms with Crippen molar-refractivity contribution < 1.29 is 0 Å². The lowest BCUT2D eigenvalue weighted by Gasteiger charge is -2.44. The molecule has 0 bridgehead atoms. The van der Waals surface area contributed by atoms with E-state index < -0.39 is 0 Å². The van der Waals surface area contributed by atoms with E-state index in [-0.39, 0.29) is 0 Å². The Morgan fingerprint density at radius 1 is 0.783 bits per heavy atom. The van der Waals surface area contributed by atoms with Crippen LogP contribution in [0.25, 0.3) is 0 Å². The SMILES string of the molecule is CCC(CC)C(=CC1CCCCC1)C1CCCC2CCCC[C@H]21. The van der Waals surface area contributed by atoms with Gasteiger partial charge in [0.2, 0.25) is 0 Å². The van der Waals surface area contributed by atoms with Gasteiger partial charge in [-0.1, -0.05) is 76.9 Å². The van der Waals surface area contributed by atoms with Gasteiger partial charge in [-0.2, -0.15) is 0 Å². The fourth-order valence-electron chi connectivity index (χ4n) is 6.25. The molecule has 0 spiro atoms. The van der Waals surface area contributed by atoms with Crippen LogP contribution < -0.4 is 0 Å². The summed E-state index contributed by atoms with van der Waals surface area (Å²) in [6.07, 6.45) is 23.6. The number of allylic oxidation sites excluding steroid dienone is 2. The molecule has 3 aliphatic carbocycles. The van der Waals surface area contributed by atoms with E-state index in [1.165, 1.54) is 77.0 Å². The number of hydrogen-bond donors (Lipinski definition) is 0. The Kier molecular flexibility index (Phi) is 6.66. The molecule has 132 valence electrons. The van der Waals surface area contributed by atoms with Crippen LogP contribution in [0, 0.1) is 29.6 Å². The number of hydrogen-bond acceptors (Lipinski definition) is 0. The molecular weight excluding hydrogens is 276 g/mol. The molecule has 2 unspecified atom stereocenters. The molecule has 0 N–H and O–H groups in total. The van der Waals surface area contributed by atoms with E-state index in [1.54, 1.807) is 12.8 Å². The second kappa shape index (κ2) is 8.72. The average Bonchev–Trinajstić information content (AvgIpc) is 2.62. The number of rotatable bonds is 5. The molecule has 0 aromatic carbocycles. The molecule has 3 saturated carbocycles. The van der Waals surface area contributed by atoms with Crippen molar-refractivity contribution in [2.24, 2.45) is 29.6 Å². The highest BCUT2D eigenvalue weighted by Gasteiger charge is 2.37. The zero-order valence-corrected chi connectivity index (χ0v) is 15.9. The fraction of sp³-hybridized carbons (Fsp3) is 0.913. The van der Waals surface area contributed by atoms with Crippen molar-refractivity contribution in [3.63, 3.8) is 0 Å². The molecule has 3 rings (SSSR count). The normalized spacial score (nSPS) is 33.7. The number of fused-ring (bicyclic) bond motifs is 1. The molecule has 0 heterocycles. The maximum absolute atomic E-state index is 2.85. The molecule has 0 aromatic heterocycles. The van der Waals surface area contributed by atoms with Crippen LogP contribution in [0.15, 0.2) is 11.6 Å². The highest BCUT2D eigenvalue weighted by atomic mass is 14.4. The predicted molar refractivity (Wildman–Crippen MR) is 102 cm³/mol. The van der Waals surface area contributed by atoms with Crippen LogP contribution in [0.3, 0.4) is 0 Å². The van der Waals surface area contributed by atoms with E-state index in [9.17, 15) is 0 Å². The second-order valence-electron chi connectivity index (χ2n) is 8.82. The van der Waals surface area contributed by atoms with Crippen molar-refractivity contribution in [2.75, 3.05) is 0 Å². The smallest absolute Gasteiger partial charge is 0.0169 e. The molecule has 0 saturated heterocycles. The molecule has 0 nitrogen and oxygen atoms in total. The highest BCUT2D eigenvalue weighted by Crippen LogP contribution is 2.49. The van der Waals surface area contributed by atoms with Gasteiger partial charge in [0.15, 0.2) is 0 Å². The van der Waals surface area contributed by atoms with Crippen molar-refractivity contribution in [1.29, 1.82) is 0 Å². The molecule has 0 aliphatic heterocycles. The summed E-state index contributed by atoms with van der Waals surface area (Å²) < 4.78 is 0. The zero-order valence-electron chi connectivity index (χ0n) is 15.9. The van der Waals surface area contributed by atoms with Gasteiger partial charge in [-0.15, -0.1) is 0 Å². The van der Waals surface area contributed by atoms with Gasteiger partial charge >= 0.3 is 0 Å². The van der Waals surface area contributed by atoms with Crippen LogP contribution in [-0.4, -0.2) is 0 Å². The molecule has 3 fully saturated rings. The quantitative estimate of drug-likeness (QED) is 0.460. The van der Waals surface area contributed by atoms with E-state index in [1.807, 2.05) is 5.57 Å². The van der Waals surface area contributed by atoms with Crippen molar-refractivity contribution in [3.05, 3.63) is 11.6 Å². The summed E-state index contributed by atoms with van der Waals surface area (Å²) in [6, 6.07) is 0. The maximum Gasteiger partial charge on any atom is -0.0169 e. The van der Waals surface area contributed by atoms with Crippen LogP contribution in [0.2, 0.25) is 0 Å². The van der Waals surface area contributed by atoms with Crippen LogP contribution in [0.1, 0.15) is 104 Å². The zero-order chi connectivity index (χ0) is 16.1. The fourth-order valence-corrected chi connectivity index (χ4v) is 6.25. The van der Waals surface area contributed by atoms with Gasteiger partial charge in [0.25, 0.3) is 0 Å². The molecule has 0 aromatic rings. The standard InChI is InChI=1S/C23H40/c1-3-19(4-2)23(17-18-11-6-5-7-12-18)22-16-10-14-20-13-8-9-15-21(20)22/h17-22H,3-16H2,1-2H3/t20?,21-,22?/m1/s1. The minimum atomic E-state index is 0.877. The predicted octanol–water partition coefficient (Wildman–Crippen LogP) is 7.54. The van der Waals surface area contributed by atoms with Gasteiger partial charge in [-0.3, -0.25) is 0 Å². The molecule has 0 amide bonds. The van der Waals surface area contributed by atoms with Crippen LogP contribution in [0.5, 0.6) is 0 Å². The van der Waals surface area contributed by atoms with E-state index in [2.05, 4.69) is 19.9 Å². The topological polar surface area (TPSA) is 0 Å². The highest BCUT2D eigenvalue weighted by molar-refractivity contribution is 5.16. The minimum absolute atomic E-state index is 0.877. The Hall–Kier alpha value is -0.260. The Bertz CT molecular complexity index is 367. The molecule has 0 heteroatoms. The molecule has 3 aliphatic rings. The van der Waals surface area contributed by atoms with E-state index in [4.69, 9.17) is 0 Å². The molecular formula is C23H40. The van der Waals surface area contributed by atoms with Crippen molar-refractivity contribution in [2.45, 2.75) is 104 Å². The molecule has 0 radical (unpaired) electrons. The largest absolute Gasteiger partial charge is 0.0816 e. The second-order valence-corrected chi connectivity index (χ2v) is 8.82. The Labute approximate surface area is 145 Å². The van der Waals surface area contributed by atoms with Gasteiger partial charge in [0.1, 0.15) is 0 Å². The van der Waals surface area contributed by atoms with Gasteiger partial charge in [0.05, 0.1) is 0 Å². The van der Waals surface area contributed by atoms with E-state index in [0.717, 1.165) is 29.6 Å². The maximum atomic E-state index is 2.85. The molecule has 23 heavy (non-hydrogen) atoms. The minimum Gasteiger partial charge on any atom is -0.0816 e. The summed E-state index contributed by atoms with van der Waals surface area (Å²) in [5.41, 5.74) is 1.94. The first kappa shape index (κ1) is 17.6. The Balaban J connectivity index is 1.82. The third-order valence-electron chi connectivity index (χ3n) is 7.54. The third-order valence-corrected chi connectivity index (χ3v) is 7.54. The first-order valence-corrected chi connectivity index (χ1v) is 11.0. The summed E-state index contributed by atoms with van der Waals surface area (Å²) in [7, 11) is 0. The summed E-state index contributed by atoms with van der Waals surface area (Å²) >= 11 is 0. The van der Waals surface area contributed by atoms with Crippen molar-refractivity contribution in [3.8, 4) is 0 Å². The average molecular weight is 317 g/mol. The lowest BCUT2D eigenvalue weighted by atomic mass is 9.61. The summed E-state index contributed by atoms with van der Waals surface area (Å²) in [5, 5.41) is 0. The monoisotopic (exact) mass is 316 g/mol. The van der Waals surface area contributed by atoms with E-state index in [0.29, 0.717) is 0 Å². The summed E-state index contributed by atoms with van der Waals surface area (Å²) in [4.78, 5) is 0. The first-order valence-electron chi connectivity index (χ1n) is 11.0.